The van der Waals surface area contributed by atoms with Gasteiger partial charge in [-0.05, 0) is 0 Å². The maximum Gasteiger partial charge on any atom is 0.188 e. The monoisotopic (exact) mass is 93.0 g/mol. The molecule has 0 aliphatic heterocycles. The zero-order valence-electron chi connectivity index (χ0n) is 2.26. The van der Waals surface area contributed by atoms with Crippen molar-refractivity contribution in [2.75, 3.05) is 0 Å². The fourth-order valence-electron chi connectivity index (χ4n) is 0. The van der Waals surface area contributed by atoms with Gasteiger partial charge in [-0.3, -0.25) is 0 Å². The molecule has 0 aromatic heterocycles. The number of rotatable bonds is 0. The van der Waals surface area contributed by atoms with E-state index in [9.17, 15) is 0 Å². The quantitative estimate of drug-likeness (QED) is 0.341. The zero-order chi connectivity index (χ0) is 3.41. The molecule has 0 bridgehead atoms. The van der Waals surface area contributed by atoms with Gasteiger partial charge in [0.25, 0.3) is 0 Å². The molecule has 0 rings (SSSR count). The highest BCUT2D eigenvalue weighted by molar-refractivity contribution is 7.55. The highest BCUT2D eigenvalue weighted by Gasteiger charge is 1.29. The third kappa shape index (κ3) is 2.04. The molecule has 0 fully saturated rings. The van der Waals surface area contributed by atoms with Crippen LogP contribution in [0.15, 0.2) is 4.03 Å². The summed E-state index contributed by atoms with van der Waals surface area (Å²) in [5.74, 6) is 0. The Kier molecular flexibility index (Phi) is 3.06. The van der Waals surface area contributed by atoms with Crippen molar-refractivity contribution in [1.29, 1.82) is 0 Å². The molecule has 0 aromatic rings. The Morgan fingerprint density at radius 2 is 2.25 bits per heavy atom. The van der Waals surface area contributed by atoms with E-state index in [1.165, 1.54) is 0 Å². The van der Waals surface area contributed by atoms with Crippen LogP contribution in [0, 0.1) is 0 Å². The minimum Gasteiger partial charge on any atom is -0.249 e. The third-order valence-electron chi connectivity index (χ3n) is 0.0745. The molecule has 4 heteroatoms. The van der Waals surface area contributed by atoms with E-state index in [0.29, 0.717) is 21.9 Å². The molecule has 2 nitrogen and oxygen atoms in total. The fourth-order valence-corrected chi connectivity index (χ4v) is 0. The van der Waals surface area contributed by atoms with Crippen LogP contribution < -0.4 is 0 Å². The van der Waals surface area contributed by atoms with Crippen LogP contribution in [0.4, 0.5) is 0 Å². The van der Waals surface area contributed by atoms with Gasteiger partial charge in [0.15, 0.2) is 21.9 Å². The molecule has 0 heterocycles. The smallest absolute Gasteiger partial charge is 0.188 e. The molecule has 0 saturated carbocycles. The van der Waals surface area contributed by atoms with Gasteiger partial charge in [0, 0.05) is 0 Å². The highest BCUT2D eigenvalue weighted by Crippen LogP contribution is 1.29. The predicted octanol–water partition coefficient (Wildman–Crippen LogP) is -1.34. The van der Waals surface area contributed by atoms with E-state index in [1.807, 2.05) is 0 Å². The molecule has 0 amide bonds. The van der Waals surface area contributed by atoms with E-state index in [1.54, 1.807) is 0 Å². The Morgan fingerprint density at radius 3 is 2.25 bits per heavy atom. The van der Waals surface area contributed by atoms with Crippen molar-refractivity contribution in [2.45, 2.75) is 0 Å². The molecule has 0 radical (unpaired) electrons. The van der Waals surface area contributed by atoms with Crippen LogP contribution in [0.3, 0.4) is 0 Å². The average Bonchev–Trinajstić information content (AvgIpc) is 1.37. The van der Waals surface area contributed by atoms with Gasteiger partial charge in [0.1, 0.15) is 0 Å². The molecule has 4 heavy (non-hydrogen) atoms. The van der Waals surface area contributed by atoms with Crippen LogP contribution in [0.25, 0.3) is 0 Å². The Bertz CT molecular complexity index is 46.0. The molecule has 0 atom stereocenters. The molecule has 0 unspecified atom stereocenters. The van der Waals surface area contributed by atoms with Crippen LogP contribution >= 0.6 is 0 Å². The van der Waals surface area contributed by atoms with Gasteiger partial charge in [-0.1, -0.05) is 0 Å². The molecule has 0 aromatic carbocycles. The van der Waals surface area contributed by atoms with Gasteiger partial charge in [-0.25, -0.2) is 4.03 Å². The summed E-state index contributed by atoms with van der Waals surface area (Å²) in [6.45, 7) is 0. The molecule has 24 valence electrons. The maximum absolute atomic E-state index is 9.08. The van der Waals surface area contributed by atoms with Crippen molar-refractivity contribution in [1.82, 2.24) is 0 Å². The second-order valence-corrected chi connectivity index (χ2v) is 1.87. The molecule has 0 saturated heterocycles. The molecule has 0 N–H and O–H groups in total. The number of nitrogens with zero attached hydrogens (tertiary/aromatic N) is 1. The normalized spacial score (nSPS) is 6.00. The van der Waals surface area contributed by atoms with Crippen molar-refractivity contribution < 1.29 is 4.21 Å². The van der Waals surface area contributed by atoms with Gasteiger partial charge in [0.2, 0.25) is 0 Å². The van der Waals surface area contributed by atoms with E-state index in [-0.39, 0.29) is 0 Å². The first-order valence-electron chi connectivity index (χ1n) is 0.796. The van der Waals surface area contributed by atoms with E-state index in [2.05, 4.69) is 4.03 Å². The van der Waals surface area contributed by atoms with Gasteiger partial charge >= 0.3 is 0 Å². The Hall–Kier alpha value is 0.0369. The summed E-state index contributed by atoms with van der Waals surface area (Å²) >= 11 is 0.293. The Morgan fingerprint density at radius 1 is 2.00 bits per heavy atom. The third-order valence-corrected chi connectivity index (χ3v) is 0.671. The van der Waals surface area contributed by atoms with Crippen molar-refractivity contribution in [3.8, 4) is 0 Å². The van der Waals surface area contributed by atoms with Crippen LogP contribution in [0.5, 0.6) is 0 Å². The number of hydrogen-bond donors (Lipinski definition) is 0. The van der Waals surface area contributed by atoms with E-state index in [4.69, 9.17) is 4.21 Å². The summed E-state index contributed by atoms with van der Waals surface area (Å²) < 4.78 is 12.3. The summed E-state index contributed by atoms with van der Waals surface area (Å²) in [4.78, 5) is 0. The summed E-state index contributed by atoms with van der Waals surface area (Å²) in [7, 11) is 0.665. The summed E-state index contributed by atoms with van der Waals surface area (Å²) in [6.07, 6.45) is 0. The predicted molar refractivity (Wildman–Crippen MR) is 20.5 cm³/mol. The largest absolute Gasteiger partial charge is 0.249 e. The first-order valence-corrected chi connectivity index (χ1v) is 2.39. The van der Waals surface area contributed by atoms with Crippen molar-refractivity contribution in [3.63, 3.8) is 0 Å². The van der Waals surface area contributed by atoms with Crippen LogP contribution in [-0.4, -0.2) is 14.6 Å². The molecular weight excluding hydrogens is 90.2 g/mol. The molecular formula is H3NOSSi. The first-order chi connectivity index (χ1) is 1.91. The molecule has 0 aliphatic rings. The standard InChI is InChI=1S/H3NOSSi/c2-3-1-4/h4H3. The summed E-state index contributed by atoms with van der Waals surface area (Å²) in [5.41, 5.74) is 0. The minimum atomic E-state index is 0.293. The lowest BCUT2D eigenvalue weighted by molar-refractivity contribution is 0.699. The molecule has 0 spiro atoms. The van der Waals surface area contributed by atoms with Crippen molar-refractivity contribution in [2.24, 2.45) is 4.03 Å². The average molecular weight is 93.2 g/mol. The van der Waals surface area contributed by atoms with Gasteiger partial charge in [-0.2, -0.15) is 4.21 Å². The molecule has 0 aliphatic carbocycles. The van der Waals surface area contributed by atoms with E-state index in [0.717, 1.165) is 0 Å². The number of hydrogen-bond acceptors (Lipinski definition) is 2. The topological polar surface area (TPSA) is 29.4 Å². The lowest BCUT2D eigenvalue weighted by atomic mass is 13.9. The SMILES string of the molecule is O=S=N[SiH3]. The fraction of sp³-hybridized carbons (Fsp3) is 0. The maximum atomic E-state index is 9.08. The Balaban J connectivity index is 3.11. The lowest BCUT2D eigenvalue weighted by Crippen LogP contribution is -1.38. The summed E-state index contributed by atoms with van der Waals surface area (Å²) in [6, 6.07) is 0. The minimum absolute atomic E-state index is 0.293. The second kappa shape index (κ2) is 3.04. The van der Waals surface area contributed by atoms with Crippen LogP contribution in [-0.2, 0) is 11.5 Å². The van der Waals surface area contributed by atoms with Gasteiger partial charge in [-0.15, -0.1) is 0 Å². The lowest BCUT2D eigenvalue weighted by Gasteiger charge is -1.36. The van der Waals surface area contributed by atoms with E-state index < -0.39 is 0 Å². The van der Waals surface area contributed by atoms with Crippen LogP contribution in [0.2, 0.25) is 0 Å². The Labute approximate surface area is 31.0 Å². The van der Waals surface area contributed by atoms with Crippen molar-refractivity contribution in [3.05, 3.63) is 0 Å². The highest BCUT2D eigenvalue weighted by atomic mass is 32.1. The van der Waals surface area contributed by atoms with Crippen molar-refractivity contribution >= 4 is 21.9 Å². The first kappa shape index (κ1) is 4.04. The van der Waals surface area contributed by atoms with Crippen LogP contribution in [0.1, 0.15) is 0 Å². The van der Waals surface area contributed by atoms with Gasteiger partial charge in [0.05, 0.1) is 0 Å². The summed E-state index contributed by atoms with van der Waals surface area (Å²) in [5, 5.41) is 0. The zero-order valence-corrected chi connectivity index (χ0v) is 5.08. The second-order valence-electron chi connectivity index (χ2n) is 0.257. The van der Waals surface area contributed by atoms with E-state index >= 15 is 0 Å². The van der Waals surface area contributed by atoms with Gasteiger partial charge < -0.3 is 0 Å².